The highest BCUT2D eigenvalue weighted by Gasteiger charge is 2.25. The Morgan fingerprint density at radius 2 is 2.19 bits per heavy atom. The van der Waals surface area contributed by atoms with E-state index in [0.717, 1.165) is 40.1 Å². The predicted octanol–water partition coefficient (Wildman–Crippen LogP) is 4.46. The summed E-state index contributed by atoms with van der Waals surface area (Å²) < 4.78 is 0. The van der Waals surface area contributed by atoms with E-state index in [-0.39, 0.29) is 24.1 Å². The van der Waals surface area contributed by atoms with Crippen molar-refractivity contribution in [3.63, 3.8) is 0 Å². The van der Waals surface area contributed by atoms with Gasteiger partial charge in [-0.3, -0.25) is 14.5 Å². The zero-order chi connectivity index (χ0) is 22.1. The van der Waals surface area contributed by atoms with E-state index < -0.39 is 0 Å². The standard InChI is InChI=1S/C23H28N4O2S2/c1-13-9-10-15-18(11-13)31-23-20(15)22(29)25-21(26-23)14(2)27(3)12-19(28)24-16-7-5-6-8-17(16)30-4/h5-8,13-14H,9-12H2,1-4H3,(H,24,28)(H,25,26,29). The lowest BCUT2D eigenvalue weighted by Gasteiger charge is -2.23. The van der Waals surface area contributed by atoms with Gasteiger partial charge < -0.3 is 10.3 Å². The van der Waals surface area contributed by atoms with E-state index in [2.05, 4.69) is 17.2 Å². The first-order valence-electron chi connectivity index (χ1n) is 10.5. The maximum atomic E-state index is 12.9. The van der Waals surface area contributed by atoms with Crippen molar-refractivity contribution in [1.29, 1.82) is 0 Å². The Morgan fingerprint density at radius 3 is 2.97 bits per heavy atom. The van der Waals surface area contributed by atoms with Crippen LogP contribution in [-0.4, -0.2) is 40.6 Å². The second-order valence-corrected chi connectivity index (χ2v) is 10.3. The van der Waals surface area contributed by atoms with Gasteiger partial charge in [-0.05, 0) is 63.1 Å². The fourth-order valence-corrected chi connectivity index (χ4v) is 6.02. The number of nitrogens with one attached hydrogen (secondary N) is 2. The lowest BCUT2D eigenvalue weighted by Crippen LogP contribution is -2.33. The molecule has 2 heterocycles. The van der Waals surface area contributed by atoms with Crippen LogP contribution in [0.1, 0.15) is 42.6 Å². The molecule has 0 fully saturated rings. The Hall–Kier alpha value is -2.16. The predicted molar refractivity (Wildman–Crippen MR) is 129 cm³/mol. The van der Waals surface area contributed by atoms with Crippen LogP contribution in [0, 0.1) is 5.92 Å². The Balaban J connectivity index is 1.51. The SMILES string of the molecule is CSc1ccccc1NC(=O)CN(C)C(C)c1nc2sc3c(c2c(=O)[nH]1)CCC(C)C3. The van der Waals surface area contributed by atoms with E-state index in [4.69, 9.17) is 4.98 Å². The lowest BCUT2D eigenvalue weighted by atomic mass is 9.89. The van der Waals surface area contributed by atoms with E-state index >= 15 is 0 Å². The summed E-state index contributed by atoms with van der Waals surface area (Å²) in [6, 6.07) is 7.55. The van der Waals surface area contributed by atoms with Crippen LogP contribution in [-0.2, 0) is 17.6 Å². The van der Waals surface area contributed by atoms with Crippen molar-refractivity contribution in [3.8, 4) is 0 Å². The van der Waals surface area contributed by atoms with Gasteiger partial charge in [0.25, 0.3) is 5.56 Å². The van der Waals surface area contributed by atoms with Crippen molar-refractivity contribution in [2.24, 2.45) is 5.92 Å². The molecule has 0 aliphatic heterocycles. The third-order valence-corrected chi connectivity index (χ3v) is 7.96. The summed E-state index contributed by atoms with van der Waals surface area (Å²) in [5.74, 6) is 1.16. The minimum atomic E-state index is -0.198. The number of para-hydroxylation sites is 1. The number of fused-ring (bicyclic) bond motifs is 3. The van der Waals surface area contributed by atoms with Gasteiger partial charge in [0.15, 0.2) is 0 Å². The molecule has 1 aromatic carbocycles. The first-order chi connectivity index (χ1) is 14.9. The van der Waals surface area contributed by atoms with Gasteiger partial charge in [0.05, 0.1) is 23.7 Å². The monoisotopic (exact) mass is 456 g/mol. The molecule has 8 heteroatoms. The number of aromatic nitrogens is 2. The van der Waals surface area contributed by atoms with Crippen LogP contribution in [0.2, 0.25) is 0 Å². The molecule has 1 aliphatic carbocycles. The Bertz CT molecular complexity index is 1170. The molecule has 0 saturated heterocycles. The number of amides is 1. The average molecular weight is 457 g/mol. The number of anilines is 1. The molecule has 31 heavy (non-hydrogen) atoms. The second-order valence-electron chi connectivity index (χ2n) is 8.32. The third kappa shape index (κ3) is 4.56. The van der Waals surface area contributed by atoms with Gasteiger partial charge in [-0.25, -0.2) is 4.98 Å². The summed E-state index contributed by atoms with van der Waals surface area (Å²) in [6.07, 6.45) is 5.08. The highest BCUT2D eigenvalue weighted by Crippen LogP contribution is 2.36. The van der Waals surface area contributed by atoms with E-state index in [1.807, 2.05) is 49.4 Å². The summed E-state index contributed by atoms with van der Waals surface area (Å²) >= 11 is 3.25. The van der Waals surface area contributed by atoms with Gasteiger partial charge in [-0.1, -0.05) is 19.1 Å². The fraction of sp³-hybridized carbons (Fsp3) is 0.435. The van der Waals surface area contributed by atoms with Crippen molar-refractivity contribution >= 4 is 44.9 Å². The van der Waals surface area contributed by atoms with Crippen LogP contribution in [0.15, 0.2) is 34.0 Å². The number of rotatable bonds is 6. The fourth-order valence-electron chi connectivity index (χ4n) is 4.07. The number of hydrogen-bond acceptors (Lipinski definition) is 6. The van der Waals surface area contributed by atoms with Gasteiger partial charge in [-0.15, -0.1) is 23.1 Å². The van der Waals surface area contributed by atoms with Gasteiger partial charge in [0.1, 0.15) is 10.7 Å². The number of thiophene rings is 1. The molecule has 2 N–H and O–H groups in total. The number of carbonyl (C=O) groups excluding carboxylic acids is 1. The molecular weight excluding hydrogens is 428 g/mol. The van der Waals surface area contributed by atoms with Gasteiger partial charge in [0.2, 0.25) is 5.91 Å². The number of aryl methyl sites for hydroxylation is 1. The van der Waals surface area contributed by atoms with Crippen LogP contribution < -0.4 is 10.9 Å². The number of hydrogen-bond donors (Lipinski definition) is 2. The van der Waals surface area contributed by atoms with Gasteiger partial charge in [-0.2, -0.15) is 0 Å². The second kappa shape index (κ2) is 9.14. The maximum absolute atomic E-state index is 12.9. The number of aromatic amines is 1. The number of thioether (sulfide) groups is 1. The molecule has 2 atom stereocenters. The zero-order valence-corrected chi connectivity index (χ0v) is 20.0. The van der Waals surface area contributed by atoms with Gasteiger partial charge >= 0.3 is 0 Å². The molecule has 0 saturated carbocycles. The number of carbonyl (C=O) groups is 1. The molecule has 1 amide bonds. The zero-order valence-electron chi connectivity index (χ0n) is 18.3. The van der Waals surface area contributed by atoms with Crippen LogP contribution in [0.3, 0.4) is 0 Å². The molecule has 164 valence electrons. The molecule has 4 rings (SSSR count). The summed E-state index contributed by atoms with van der Waals surface area (Å²) in [5, 5.41) is 3.75. The summed E-state index contributed by atoms with van der Waals surface area (Å²) in [5.41, 5.74) is 1.93. The molecule has 2 aromatic heterocycles. The van der Waals surface area contributed by atoms with Crippen molar-refractivity contribution in [2.75, 3.05) is 25.2 Å². The number of H-pyrrole nitrogens is 1. The summed E-state index contributed by atoms with van der Waals surface area (Å²) in [7, 11) is 1.87. The first-order valence-corrected chi connectivity index (χ1v) is 12.6. The van der Waals surface area contributed by atoms with E-state index in [1.165, 1.54) is 10.4 Å². The van der Waals surface area contributed by atoms with Crippen LogP contribution in [0.25, 0.3) is 10.2 Å². The van der Waals surface area contributed by atoms with E-state index in [1.54, 1.807) is 23.1 Å². The molecule has 6 nitrogen and oxygen atoms in total. The number of benzene rings is 1. The van der Waals surface area contributed by atoms with Gasteiger partial charge in [0, 0.05) is 9.77 Å². The quantitative estimate of drug-likeness (QED) is 0.536. The van der Waals surface area contributed by atoms with Crippen molar-refractivity contribution in [1.82, 2.24) is 14.9 Å². The molecule has 3 aromatic rings. The average Bonchev–Trinajstić information content (AvgIpc) is 3.11. The van der Waals surface area contributed by atoms with E-state index in [9.17, 15) is 9.59 Å². The van der Waals surface area contributed by atoms with Crippen LogP contribution in [0.4, 0.5) is 5.69 Å². The normalized spacial score (nSPS) is 17.0. The highest BCUT2D eigenvalue weighted by atomic mass is 32.2. The van der Waals surface area contributed by atoms with E-state index in [0.29, 0.717) is 11.7 Å². The Labute approximate surface area is 190 Å². The highest BCUT2D eigenvalue weighted by molar-refractivity contribution is 7.98. The van der Waals surface area contributed by atoms with Crippen LogP contribution in [0.5, 0.6) is 0 Å². The Morgan fingerprint density at radius 1 is 1.42 bits per heavy atom. The largest absolute Gasteiger partial charge is 0.324 e. The Kier molecular flexibility index (Phi) is 6.50. The van der Waals surface area contributed by atoms with Crippen molar-refractivity contribution in [2.45, 2.75) is 44.0 Å². The molecule has 2 unspecified atom stereocenters. The topological polar surface area (TPSA) is 78.1 Å². The van der Waals surface area contributed by atoms with Crippen LogP contribution >= 0.6 is 23.1 Å². The third-order valence-electron chi connectivity index (χ3n) is 6.01. The molecule has 0 spiro atoms. The van der Waals surface area contributed by atoms with Crippen molar-refractivity contribution < 1.29 is 4.79 Å². The summed E-state index contributed by atoms with van der Waals surface area (Å²) in [4.78, 5) is 38.3. The lowest BCUT2D eigenvalue weighted by molar-refractivity contribution is -0.117. The molecule has 0 radical (unpaired) electrons. The number of likely N-dealkylation sites (N-methyl/N-ethyl adjacent to an activating group) is 1. The smallest absolute Gasteiger partial charge is 0.259 e. The summed E-state index contributed by atoms with van der Waals surface area (Å²) in [6.45, 7) is 4.42. The van der Waals surface area contributed by atoms with Crippen molar-refractivity contribution in [3.05, 3.63) is 50.9 Å². The number of nitrogens with zero attached hydrogens (tertiary/aromatic N) is 2. The maximum Gasteiger partial charge on any atom is 0.259 e. The molecular formula is C23H28N4O2S2. The molecule has 1 aliphatic rings. The molecule has 0 bridgehead atoms. The minimum absolute atomic E-state index is 0.0642. The first kappa shape index (κ1) is 22.0. The minimum Gasteiger partial charge on any atom is -0.324 e.